The minimum atomic E-state index is 0.0260. The molecule has 0 atom stereocenters. The van der Waals surface area contributed by atoms with Crippen molar-refractivity contribution in [2.24, 2.45) is 0 Å². The smallest absolute Gasteiger partial charge is 0.185 e. The third-order valence-corrected chi connectivity index (χ3v) is 6.57. The van der Waals surface area contributed by atoms with Crippen LogP contribution in [0.3, 0.4) is 0 Å². The first-order valence-electron chi connectivity index (χ1n) is 11.2. The summed E-state index contributed by atoms with van der Waals surface area (Å²) in [5.41, 5.74) is 3.26. The van der Waals surface area contributed by atoms with E-state index in [9.17, 15) is 4.79 Å². The van der Waals surface area contributed by atoms with Crippen LogP contribution in [0.2, 0.25) is 0 Å². The lowest BCUT2D eigenvalue weighted by molar-refractivity contribution is -0.111. The van der Waals surface area contributed by atoms with E-state index in [0.717, 1.165) is 31.2 Å². The molecule has 0 heterocycles. The average Bonchev–Trinajstić information content (AvgIpc) is 3.10. The maximum Gasteiger partial charge on any atom is 0.185 e. The number of ether oxygens (including phenoxy) is 4. The SMILES string of the molecule is COc1cc(C=C2CCC(=Cc3cc(OC)c(OC(C)C)cc3Br)C2=O)c(Br)cc1OC(C)C. The molecule has 0 unspecified atom stereocenters. The fourth-order valence-electron chi connectivity index (χ4n) is 3.69. The first-order chi connectivity index (χ1) is 16.1. The molecule has 1 fully saturated rings. The molecule has 1 saturated carbocycles. The minimum absolute atomic E-state index is 0.0260. The number of hydrogen-bond donors (Lipinski definition) is 0. The van der Waals surface area contributed by atoms with Crippen molar-refractivity contribution >= 4 is 49.8 Å². The number of allylic oxidation sites excluding steroid dienone is 2. The summed E-state index contributed by atoms with van der Waals surface area (Å²) < 4.78 is 24.4. The molecule has 1 aliphatic carbocycles. The van der Waals surface area contributed by atoms with E-state index < -0.39 is 0 Å². The van der Waals surface area contributed by atoms with Crippen LogP contribution in [-0.4, -0.2) is 32.2 Å². The molecule has 0 bridgehead atoms. The Hall–Kier alpha value is -2.25. The summed E-state index contributed by atoms with van der Waals surface area (Å²) in [5, 5.41) is 0. The van der Waals surface area contributed by atoms with E-state index in [1.807, 2.05) is 64.1 Å². The highest BCUT2D eigenvalue weighted by Crippen LogP contribution is 2.39. The van der Waals surface area contributed by atoms with Crippen LogP contribution in [0.15, 0.2) is 44.4 Å². The molecule has 2 aromatic rings. The Morgan fingerprint density at radius 1 is 0.706 bits per heavy atom. The summed E-state index contributed by atoms with van der Waals surface area (Å²) in [6, 6.07) is 7.54. The highest BCUT2D eigenvalue weighted by molar-refractivity contribution is 9.10. The van der Waals surface area contributed by atoms with Crippen molar-refractivity contribution in [2.75, 3.05) is 14.2 Å². The molecule has 0 radical (unpaired) electrons. The summed E-state index contributed by atoms with van der Waals surface area (Å²) in [4.78, 5) is 13.2. The Morgan fingerprint density at radius 2 is 1.09 bits per heavy atom. The fourth-order valence-corrected chi connectivity index (χ4v) is 4.56. The van der Waals surface area contributed by atoms with E-state index in [-0.39, 0.29) is 18.0 Å². The Labute approximate surface area is 218 Å². The molecule has 5 nitrogen and oxygen atoms in total. The number of hydrogen-bond acceptors (Lipinski definition) is 5. The van der Waals surface area contributed by atoms with Crippen LogP contribution in [-0.2, 0) is 4.79 Å². The van der Waals surface area contributed by atoms with Crippen LogP contribution in [0.1, 0.15) is 51.7 Å². The Bertz CT molecular complexity index is 1040. The van der Waals surface area contributed by atoms with Gasteiger partial charge >= 0.3 is 0 Å². The molecule has 2 aromatic carbocycles. The van der Waals surface area contributed by atoms with Gasteiger partial charge < -0.3 is 18.9 Å². The number of ketones is 1. The Kier molecular flexibility index (Phi) is 8.88. The molecule has 1 aliphatic rings. The molecule has 0 spiro atoms. The predicted octanol–water partition coefficient (Wildman–Crippen LogP) is 7.63. The van der Waals surface area contributed by atoms with Gasteiger partial charge in [0.25, 0.3) is 0 Å². The largest absolute Gasteiger partial charge is 0.493 e. The lowest BCUT2D eigenvalue weighted by atomic mass is 10.1. The summed E-state index contributed by atoms with van der Waals surface area (Å²) in [6.07, 6.45) is 5.24. The molecular formula is C27H30Br2O5. The van der Waals surface area contributed by atoms with Gasteiger partial charge in [-0.15, -0.1) is 0 Å². The molecule has 0 aliphatic heterocycles. The van der Waals surface area contributed by atoms with Crippen molar-refractivity contribution in [1.82, 2.24) is 0 Å². The lowest BCUT2D eigenvalue weighted by Gasteiger charge is -2.15. The van der Waals surface area contributed by atoms with E-state index in [1.54, 1.807) is 14.2 Å². The van der Waals surface area contributed by atoms with Gasteiger partial charge in [0.05, 0.1) is 26.4 Å². The molecular weight excluding hydrogens is 564 g/mol. The third kappa shape index (κ3) is 6.25. The number of benzene rings is 2. The number of carbonyl (C=O) groups is 1. The number of halogens is 2. The van der Waals surface area contributed by atoms with Gasteiger partial charge in [-0.25, -0.2) is 0 Å². The number of methoxy groups -OCH3 is 2. The predicted molar refractivity (Wildman–Crippen MR) is 143 cm³/mol. The quantitative estimate of drug-likeness (QED) is 0.294. The van der Waals surface area contributed by atoms with E-state index in [1.165, 1.54) is 0 Å². The number of rotatable bonds is 8. The first-order valence-corrected chi connectivity index (χ1v) is 12.8. The van der Waals surface area contributed by atoms with E-state index >= 15 is 0 Å². The summed E-state index contributed by atoms with van der Waals surface area (Å²) in [7, 11) is 3.22. The molecule has 0 aromatic heterocycles. The fraction of sp³-hybridized carbons (Fsp3) is 0.370. The molecule has 34 heavy (non-hydrogen) atoms. The van der Waals surface area contributed by atoms with Crippen LogP contribution in [0.4, 0.5) is 0 Å². The van der Waals surface area contributed by atoms with E-state index in [2.05, 4.69) is 31.9 Å². The number of Topliss-reactive ketones (excluding diaryl/α,β-unsaturated/α-hetero) is 1. The second kappa shape index (κ2) is 11.5. The van der Waals surface area contributed by atoms with Crippen molar-refractivity contribution in [3.8, 4) is 23.0 Å². The van der Waals surface area contributed by atoms with E-state index in [4.69, 9.17) is 18.9 Å². The van der Waals surface area contributed by atoms with Gasteiger partial charge in [0.1, 0.15) is 0 Å². The molecule has 3 rings (SSSR count). The van der Waals surface area contributed by atoms with Crippen molar-refractivity contribution in [1.29, 1.82) is 0 Å². The standard InChI is InChI=1S/C27H30Br2O5/c1-15(2)33-25-13-21(28)19(11-23(25)31-5)9-17-7-8-18(27(17)30)10-20-12-24(32-6)26(14-22(20)29)34-16(3)4/h9-16H,7-8H2,1-6H3. The summed E-state index contributed by atoms with van der Waals surface area (Å²) >= 11 is 7.22. The minimum Gasteiger partial charge on any atom is -0.493 e. The second-order valence-corrected chi connectivity index (χ2v) is 10.3. The normalized spacial score (nSPS) is 16.1. The van der Waals surface area contributed by atoms with Gasteiger partial charge in [-0.1, -0.05) is 31.9 Å². The summed E-state index contributed by atoms with van der Waals surface area (Å²) in [6.45, 7) is 7.86. The molecule has 0 N–H and O–H groups in total. The maximum atomic E-state index is 13.2. The van der Waals surface area contributed by atoms with Gasteiger partial charge in [0.2, 0.25) is 0 Å². The zero-order valence-electron chi connectivity index (χ0n) is 20.3. The van der Waals surface area contributed by atoms with Gasteiger partial charge in [-0.05, 0) is 88.1 Å². The molecule has 0 amide bonds. The number of carbonyl (C=O) groups excluding carboxylic acids is 1. The van der Waals surface area contributed by atoms with Gasteiger partial charge in [0, 0.05) is 20.1 Å². The highest BCUT2D eigenvalue weighted by atomic mass is 79.9. The van der Waals surface area contributed by atoms with Crippen molar-refractivity contribution in [3.05, 3.63) is 55.5 Å². The van der Waals surface area contributed by atoms with Gasteiger partial charge in [0.15, 0.2) is 28.8 Å². The second-order valence-electron chi connectivity index (χ2n) is 8.55. The summed E-state index contributed by atoms with van der Waals surface area (Å²) in [5.74, 6) is 2.62. The zero-order valence-corrected chi connectivity index (χ0v) is 23.5. The Balaban J connectivity index is 1.90. The maximum absolute atomic E-state index is 13.2. The molecule has 182 valence electrons. The molecule has 0 saturated heterocycles. The zero-order chi connectivity index (χ0) is 25.0. The van der Waals surface area contributed by atoms with Crippen molar-refractivity contribution in [2.45, 2.75) is 52.7 Å². The van der Waals surface area contributed by atoms with Crippen LogP contribution >= 0.6 is 31.9 Å². The topological polar surface area (TPSA) is 54.0 Å². The monoisotopic (exact) mass is 592 g/mol. The molecule has 7 heteroatoms. The van der Waals surface area contributed by atoms with Crippen LogP contribution in [0.25, 0.3) is 12.2 Å². The van der Waals surface area contributed by atoms with Crippen LogP contribution in [0.5, 0.6) is 23.0 Å². The van der Waals surface area contributed by atoms with Crippen LogP contribution in [0, 0.1) is 0 Å². The van der Waals surface area contributed by atoms with Crippen LogP contribution < -0.4 is 18.9 Å². The van der Waals surface area contributed by atoms with E-state index in [0.29, 0.717) is 35.8 Å². The first kappa shape index (κ1) is 26.4. The Morgan fingerprint density at radius 3 is 1.41 bits per heavy atom. The average molecular weight is 594 g/mol. The van der Waals surface area contributed by atoms with Crippen molar-refractivity contribution < 1.29 is 23.7 Å². The highest BCUT2D eigenvalue weighted by Gasteiger charge is 2.24. The van der Waals surface area contributed by atoms with Gasteiger partial charge in [-0.3, -0.25) is 4.79 Å². The third-order valence-electron chi connectivity index (χ3n) is 5.20. The van der Waals surface area contributed by atoms with Crippen molar-refractivity contribution in [3.63, 3.8) is 0 Å². The lowest BCUT2D eigenvalue weighted by Crippen LogP contribution is -2.07. The van der Waals surface area contributed by atoms with Gasteiger partial charge in [-0.2, -0.15) is 0 Å².